The van der Waals surface area contributed by atoms with Crippen molar-refractivity contribution in [3.63, 3.8) is 0 Å². The molecule has 1 heterocycles. The number of hydrogen-bond donors (Lipinski definition) is 2. The van der Waals surface area contributed by atoms with Crippen LogP contribution in [0.25, 0.3) is 0 Å². The molecule has 19 heavy (non-hydrogen) atoms. The first-order chi connectivity index (χ1) is 8.57. The zero-order valence-electron chi connectivity index (χ0n) is 10.6. The normalized spacial score (nSPS) is 21.8. The minimum Gasteiger partial charge on any atom is -0.324 e. The molecule has 6 heteroatoms. The summed E-state index contributed by atoms with van der Waals surface area (Å²) in [5.74, 6) is 0.000823. The topological polar surface area (TPSA) is 41.1 Å². The van der Waals surface area contributed by atoms with Gasteiger partial charge in [-0.25, -0.2) is 0 Å². The maximum Gasteiger partial charge on any atom is 0.244 e. The Balaban J connectivity index is 0.00000180. The van der Waals surface area contributed by atoms with Gasteiger partial charge in [-0.2, -0.15) is 0 Å². The van der Waals surface area contributed by atoms with Gasteiger partial charge < -0.3 is 10.6 Å². The van der Waals surface area contributed by atoms with Gasteiger partial charge in [0, 0.05) is 5.69 Å². The molecule has 1 aromatic carbocycles. The summed E-state index contributed by atoms with van der Waals surface area (Å²) >= 11 is 11.8. The monoisotopic (exact) mass is 322 g/mol. The van der Waals surface area contributed by atoms with E-state index in [0.29, 0.717) is 15.7 Å². The molecule has 106 valence electrons. The zero-order valence-corrected chi connectivity index (χ0v) is 13.0. The van der Waals surface area contributed by atoms with Gasteiger partial charge in [0.2, 0.25) is 5.91 Å². The highest BCUT2D eigenvalue weighted by molar-refractivity contribution is 6.42. The van der Waals surface area contributed by atoms with Gasteiger partial charge in [0.05, 0.1) is 15.6 Å². The van der Waals surface area contributed by atoms with Crippen molar-refractivity contribution >= 4 is 47.2 Å². The van der Waals surface area contributed by atoms with Gasteiger partial charge in [-0.3, -0.25) is 4.79 Å². The summed E-state index contributed by atoms with van der Waals surface area (Å²) in [4.78, 5) is 12.3. The molecule has 2 N–H and O–H groups in total. The van der Waals surface area contributed by atoms with Crippen LogP contribution in [-0.4, -0.2) is 18.0 Å². The van der Waals surface area contributed by atoms with E-state index < -0.39 is 5.54 Å². The van der Waals surface area contributed by atoms with Crippen molar-refractivity contribution in [2.24, 2.45) is 0 Å². The fourth-order valence-electron chi connectivity index (χ4n) is 2.29. The zero-order chi connectivity index (χ0) is 13.2. The molecule has 0 aliphatic carbocycles. The first kappa shape index (κ1) is 16.6. The second kappa shape index (κ2) is 6.80. The smallest absolute Gasteiger partial charge is 0.244 e. The summed E-state index contributed by atoms with van der Waals surface area (Å²) in [6.45, 7) is 2.91. The van der Waals surface area contributed by atoms with E-state index in [-0.39, 0.29) is 18.3 Å². The maximum absolute atomic E-state index is 12.3. The van der Waals surface area contributed by atoms with Crippen LogP contribution in [0, 0.1) is 0 Å². The molecule has 1 amide bonds. The van der Waals surface area contributed by atoms with Crippen molar-refractivity contribution < 1.29 is 4.79 Å². The van der Waals surface area contributed by atoms with Gasteiger partial charge in [0.25, 0.3) is 0 Å². The number of anilines is 1. The third-order valence-electron chi connectivity index (χ3n) is 3.46. The van der Waals surface area contributed by atoms with Crippen LogP contribution in [0.1, 0.15) is 26.2 Å². The fourth-order valence-corrected chi connectivity index (χ4v) is 2.59. The van der Waals surface area contributed by atoms with Gasteiger partial charge in [-0.15, -0.1) is 12.4 Å². The number of halogens is 3. The van der Waals surface area contributed by atoms with Crippen LogP contribution in [0.3, 0.4) is 0 Å². The van der Waals surface area contributed by atoms with Crippen LogP contribution in [0.5, 0.6) is 0 Å². The second-order valence-electron chi connectivity index (χ2n) is 4.55. The summed E-state index contributed by atoms with van der Waals surface area (Å²) in [5, 5.41) is 7.12. The lowest BCUT2D eigenvalue weighted by molar-refractivity contribution is -0.122. The highest BCUT2D eigenvalue weighted by Gasteiger charge is 2.39. The van der Waals surface area contributed by atoms with E-state index >= 15 is 0 Å². The first-order valence-electron chi connectivity index (χ1n) is 6.09. The van der Waals surface area contributed by atoms with E-state index in [1.54, 1.807) is 18.2 Å². The molecule has 1 aromatic rings. The molecule has 1 fully saturated rings. The van der Waals surface area contributed by atoms with Crippen LogP contribution < -0.4 is 10.6 Å². The fraction of sp³-hybridized carbons (Fsp3) is 0.462. The van der Waals surface area contributed by atoms with Crippen LogP contribution in [0.15, 0.2) is 18.2 Å². The Morgan fingerprint density at radius 2 is 2.16 bits per heavy atom. The largest absolute Gasteiger partial charge is 0.324 e. The van der Waals surface area contributed by atoms with Gasteiger partial charge >= 0.3 is 0 Å². The number of carbonyl (C=O) groups excluding carboxylic acids is 1. The first-order valence-corrected chi connectivity index (χ1v) is 6.84. The predicted molar refractivity (Wildman–Crippen MR) is 82.6 cm³/mol. The Morgan fingerprint density at radius 3 is 2.68 bits per heavy atom. The van der Waals surface area contributed by atoms with Crippen molar-refractivity contribution in [1.29, 1.82) is 0 Å². The Morgan fingerprint density at radius 1 is 1.42 bits per heavy atom. The Hall–Kier alpha value is -0.480. The van der Waals surface area contributed by atoms with Gasteiger partial charge in [0.1, 0.15) is 0 Å². The standard InChI is InChI=1S/C13H16Cl2N2O.ClH/c1-2-13(6-3-7-16-13)12(18)17-9-4-5-10(14)11(15)8-9;/h4-5,8,16H,2-3,6-7H2,1H3,(H,17,18);1H. The average molecular weight is 324 g/mol. The molecule has 1 atom stereocenters. The summed E-state index contributed by atoms with van der Waals surface area (Å²) in [7, 11) is 0. The number of amides is 1. The van der Waals surface area contributed by atoms with Crippen molar-refractivity contribution in [2.75, 3.05) is 11.9 Å². The SMILES string of the molecule is CCC1(C(=O)Nc2ccc(Cl)c(Cl)c2)CCCN1.Cl. The van der Waals surface area contributed by atoms with E-state index in [9.17, 15) is 4.79 Å². The number of benzene rings is 1. The summed E-state index contributed by atoms with van der Waals surface area (Å²) < 4.78 is 0. The van der Waals surface area contributed by atoms with Crippen molar-refractivity contribution in [3.05, 3.63) is 28.2 Å². The van der Waals surface area contributed by atoms with E-state index in [1.165, 1.54) is 0 Å². The summed E-state index contributed by atoms with van der Waals surface area (Å²) in [6, 6.07) is 5.10. The lowest BCUT2D eigenvalue weighted by atomic mass is 9.93. The highest BCUT2D eigenvalue weighted by Crippen LogP contribution is 2.28. The van der Waals surface area contributed by atoms with Crippen molar-refractivity contribution in [2.45, 2.75) is 31.7 Å². The number of nitrogens with one attached hydrogen (secondary N) is 2. The Bertz CT molecular complexity index is 459. The van der Waals surface area contributed by atoms with E-state index in [1.807, 2.05) is 6.92 Å². The summed E-state index contributed by atoms with van der Waals surface area (Å²) in [6.07, 6.45) is 2.68. The molecule has 1 aliphatic heterocycles. The number of carbonyl (C=O) groups is 1. The van der Waals surface area contributed by atoms with E-state index in [4.69, 9.17) is 23.2 Å². The van der Waals surface area contributed by atoms with Crippen molar-refractivity contribution in [3.8, 4) is 0 Å². The molecule has 1 unspecified atom stereocenters. The van der Waals surface area contributed by atoms with Gasteiger partial charge in [-0.1, -0.05) is 30.1 Å². The van der Waals surface area contributed by atoms with Crippen LogP contribution in [0.4, 0.5) is 5.69 Å². The molecular formula is C13H17Cl3N2O. The molecular weight excluding hydrogens is 307 g/mol. The minimum absolute atomic E-state index is 0. The minimum atomic E-state index is -0.438. The van der Waals surface area contributed by atoms with E-state index in [0.717, 1.165) is 25.8 Å². The molecule has 1 saturated heterocycles. The number of hydrogen-bond acceptors (Lipinski definition) is 2. The molecule has 0 radical (unpaired) electrons. The molecule has 0 bridgehead atoms. The third-order valence-corrected chi connectivity index (χ3v) is 4.20. The predicted octanol–water partition coefficient (Wildman–Crippen LogP) is 3.89. The lowest BCUT2D eigenvalue weighted by Crippen LogP contribution is -2.50. The molecule has 0 saturated carbocycles. The second-order valence-corrected chi connectivity index (χ2v) is 5.36. The average Bonchev–Trinajstić information content (AvgIpc) is 2.84. The van der Waals surface area contributed by atoms with Crippen LogP contribution in [0.2, 0.25) is 10.0 Å². The van der Waals surface area contributed by atoms with Crippen LogP contribution >= 0.6 is 35.6 Å². The molecule has 1 aliphatic rings. The molecule has 2 rings (SSSR count). The van der Waals surface area contributed by atoms with Crippen molar-refractivity contribution in [1.82, 2.24) is 5.32 Å². The Kier molecular flexibility index (Phi) is 5.93. The number of rotatable bonds is 3. The molecule has 3 nitrogen and oxygen atoms in total. The lowest BCUT2D eigenvalue weighted by Gasteiger charge is -2.26. The Labute approximate surface area is 129 Å². The van der Waals surface area contributed by atoms with Gasteiger partial charge in [-0.05, 0) is 44.0 Å². The maximum atomic E-state index is 12.3. The van der Waals surface area contributed by atoms with Crippen LogP contribution in [-0.2, 0) is 4.79 Å². The molecule has 0 spiro atoms. The van der Waals surface area contributed by atoms with Gasteiger partial charge in [0.15, 0.2) is 0 Å². The third kappa shape index (κ3) is 3.54. The van der Waals surface area contributed by atoms with E-state index in [2.05, 4.69) is 10.6 Å². The molecule has 0 aromatic heterocycles. The quantitative estimate of drug-likeness (QED) is 0.886. The summed E-state index contributed by atoms with van der Waals surface area (Å²) in [5.41, 5.74) is 0.238. The highest BCUT2D eigenvalue weighted by atomic mass is 35.5.